The van der Waals surface area contributed by atoms with Crippen LogP contribution >= 0.6 is 12.4 Å². The SMILES string of the molecule is Cl.NCC1(NC(=O)c2ccc(CC3CC(=O)NC3=O)cc2)CCCC1. The van der Waals surface area contributed by atoms with Crippen LogP contribution in [0.1, 0.15) is 48.0 Å². The van der Waals surface area contributed by atoms with Gasteiger partial charge in [-0.3, -0.25) is 19.7 Å². The maximum absolute atomic E-state index is 12.4. The zero-order chi connectivity index (χ0) is 17.2. The van der Waals surface area contributed by atoms with Gasteiger partial charge in [-0.1, -0.05) is 25.0 Å². The van der Waals surface area contributed by atoms with E-state index in [1.807, 2.05) is 12.1 Å². The van der Waals surface area contributed by atoms with Gasteiger partial charge in [-0.25, -0.2) is 0 Å². The van der Waals surface area contributed by atoms with Gasteiger partial charge >= 0.3 is 0 Å². The lowest BCUT2D eigenvalue weighted by Gasteiger charge is -2.28. The van der Waals surface area contributed by atoms with Crippen molar-refractivity contribution in [3.8, 4) is 0 Å². The van der Waals surface area contributed by atoms with Crippen molar-refractivity contribution in [1.82, 2.24) is 10.6 Å². The van der Waals surface area contributed by atoms with Crippen LogP contribution in [-0.2, 0) is 16.0 Å². The van der Waals surface area contributed by atoms with Crippen molar-refractivity contribution in [3.05, 3.63) is 35.4 Å². The van der Waals surface area contributed by atoms with E-state index in [2.05, 4.69) is 10.6 Å². The van der Waals surface area contributed by atoms with Crippen molar-refractivity contribution in [2.45, 2.75) is 44.1 Å². The summed E-state index contributed by atoms with van der Waals surface area (Å²) in [6.07, 6.45) is 4.79. The number of carbonyl (C=O) groups excluding carboxylic acids is 3. The van der Waals surface area contributed by atoms with Crippen LogP contribution in [0.15, 0.2) is 24.3 Å². The van der Waals surface area contributed by atoms with Gasteiger partial charge in [0.05, 0.1) is 11.5 Å². The van der Waals surface area contributed by atoms with Crippen LogP contribution in [0.25, 0.3) is 0 Å². The highest BCUT2D eigenvalue weighted by Crippen LogP contribution is 2.29. The predicted octanol–water partition coefficient (Wildman–Crippen LogP) is 1.31. The van der Waals surface area contributed by atoms with E-state index < -0.39 is 0 Å². The molecule has 2 aliphatic rings. The van der Waals surface area contributed by atoms with E-state index in [1.54, 1.807) is 12.1 Å². The molecule has 2 fully saturated rings. The molecule has 1 aromatic rings. The number of carbonyl (C=O) groups is 3. The Morgan fingerprint density at radius 3 is 2.36 bits per heavy atom. The van der Waals surface area contributed by atoms with Crippen molar-refractivity contribution in [2.75, 3.05) is 6.54 Å². The molecule has 136 valence electrons. The molecule has 4 N–H and O–H groups in total. The summed E-state index contributed by atoms with van der Waals surface area (Å²) in [5.74, 6) is -0.851. The molecule has 0 radical (unpaired) electrons. The molecular weight excluding hydrogens is 342 g/mol. The molecule has 7 heteroatoms. The van der Waals surface area contributed by atoms with Gasteiger partial charge in [0.25, 0.3) is 5.91 Å². The normalized spacial score (nSPS) is 21.6. The average Bonchev–Trinajstić information content (AvgIpc) is 3.15. The molecule has 0 aromatic heterocycles. The highest BCUT2D eigenvalue weighted by molar-refractivity contribution is 6.03. The van der Waals surface area contributed by atoms with Crippen LogP contribution in [-0.4, -0.2) is 29.8 Å². The Bertz CT molecular complexity index is 654. The number of hydrogen-bond donors (Lipinski definition) is 3. The molecule has 1 unspecified atom stereocenters. The fourth-order valence-corrected chi connectivity index (χ4v) is 3.59. The van der Waals surface area contributed by atoms with Gasteiger partial charge < -0.3 is 11.1 Å². The highest BCUT2D eigenvalue weighted by atomic mass is 35.5. The number of hydrogen-bond acceptors (Lipinski definition) is 4. The quantitative estimate of drug-likeness (QED) is 0.685. The Morgan fingerprint density at radius 2 is 1.84 bits per heavy atom. The molecule has 1 heterocycles. The lowest BCUT2D eigenvalue weighted by Crippen LogP contribution is -2.51. The Balaban J connectivity index is 0.00000225. The summed E-state index contributed by atoms with van der Waals surface area (Å²) in [5.41, 5.74) is 7.12. The molecule has 0 bridgehead atoms. The second-order valence-corrected chi connectivity index (χ2v) is 6.86. The van der Waals surface area contributed by atoms with E-state index in [1.165, 1.54) is 0 Å². The summed E-state index contributed by atoms with van der Waals surface area (Å²) in [5, 5.41) is 5.40. The van der Waals surface area contributed by atoms with Gasteiger partial charge in [0, 0.05) is 18.5 Å². The fraction of sp³-hybridized carbons (Fsp3) is 0.500. The third-order valence-corrected chi connectivity index (χ3v) is 5.09. The molecule has 1 saturated heterocycles. The molecular formula is C18H24ClN3O3. The smallest absolute Gasteiger partial charge is 0.251 e. The number of rotatable bonds is 5. The third kappa shape index (κ3) is 4.38. The minimum absolute atomic E-state index is 0. The average molecular weight is 366 g/mol. The van der Waals surface area contributed by atoms with Gasteiger partial charge in [0.15, 0.2) is 0 Å². The second-order valence-electron chi connectivity index (χ2n) is 6.86. The molecule has 1 atom stereocenters. The molecule has 0 spiro atoms. The molecule has 1 aliphatic heterocycles. The lowest BCUT2D eigenvalue weighted by atomic mass is 9.95. The first kappa shape index (κ1) is 19.4. The molecule has 25 heavy (non-hydrogen) atoms. The van der Waals surface area contributed by atoms with Gasteiger partial charge in [-0.15, -0.1) is 12.4 Å². The van der Waals surface area contributed by atoms with Gasteiger partial charge in [-0.05, 0) is 37.0 Å². The summed E-state index contributed by atoms with van der Waals surface area (Å²) in [7, 11) is 0. The molecule has 6 nitrogen and oxygen atoms in total. The van der Waals surface area contributed by atoms with E-state index in [9.17, 15) is 14.4 Å². The summed E-state index contributed by atoms with van der Waals surface area (Å²) in [6.45, 7) is 0.460. The number of halogens is 1. The first-order valence-corrected chi connectivity index (χ1v) is 8.46. The number of nitrogens with one attached hydrogen (secondary N) is 2. The van der Waals surface area contributed by atoms with Crippen LogP contribution in [0.5, 0.6) is 0 Å². The third-order valence-electron chi connectivity index (χ3n) is 5.09. The first-order chi connectivity index (χ1) is 11.5. The lowest BCUT2D eigenvalue weighted by molar-refractivity contribution is -0.125. The fourth-order valence-electron chi connectivity index (χ4n) is 3.59. The van der Waals surface area contributed by atoms with E-state index in [0.717, 1.165) is 31.2 Å². The molecule has 3 rings (SSSR count). The molecule has 3 amide bonds. The zero-order valence-corrected chi connectivity index (χ0v) is 14.9. The topological polar surface area (TPSA) is 101 Å². The van der Waals surface area contributed by atoms with Crippen LogP contribution in [0.4, 0.5) is 0 Å². The first-order valence-electron chi connectivity index (χ1n) is 8.46. The summed E-state index contributed by atoms with van der Waals surface area (Å²) >= 11 is 0. The number of nitrogens with two attached hydrogens (primary N) is 1. The van der Waals surface area contributed by atoms with Gasteiger partial charge in [-0.2, -0.15) is 0 Å². The zero-order valence-electron chi connectivity index (χ0n) is 14.0. The van der Waals surface area contributed by atoms with Crippen LogP contribution in [0.2, 0.25) is 0 Å². The number of imide groups is 1. The van der Waals surface area contributed by atoms with E-state index >= 15 is 0 Å². The Kier molecular flexibility index (Phi) is 6.19. The monoisotopic (exact) mass is 365 g/mol. The Labute approximate surface area is 153 Å². The van der Waals surface area contributed by atoms with Gasteiger partial charge in [0.2, 0.25) is 11.8 Å². The second kappa shape index (κ2) is 7.97. The summed E-state index contributed by atoms with van der Waals surface area (Å²) in [6, 6.07) is 7.21. The van der Waals surface area contributed by atoms with Crippen molar-refractivity contribution < 1.29 is 14.4 Å². The molecule has 1 aliphatic carbocycles. The number of amides is 3. The maximum Gasteiger partial charge on any atom is 0.251 e. The largest absolute Gasteiger partial charge is 0.345 e. The Hall–Kier alpha value is -1.92. The summed E-state index contributed by atoms with van der Waals surface area (Å²) < 4.78 is 0. The summed E-state index contributed by atoms with van der Waals surface area (Å²) in [4.78, 5) is 35.3. The number of benzene rings is 1. The van der Waals surface area contributed by atoms with E-state index in [4.69, 9.17) is 5.73 Å². The van der Waals surface area contributed by atoms with Crippen molar-refractivity contribution in [1.29, 1.82) is 0 Å². The van der Waals surface area contributed by atoms with Crippen LogP contribution in [0, 0.1) is 5.92 Å². The minimum Gasteiger partial charge on any atom is -0.345 e. The molecule has 1 aromatic carbocycles. The van der Waals surface area contributed by atoms with Crippen LogP contribution < -0.4 is 16.4 Å². The minimum atomic E-state index is -0.309. The highest BCUT2D eigenvalue weighted by Gasteiger charge is 2.34. The Morgan fingerprint density at radius 1 is 1.20 bits per heavy atom. The maximum atomic E-state index is 12.4. The van der Waals surface area contributed by atoms with Gasteiger partial charge in [0.1, 0.15) is 0 Å². The van der Waals surface area contributed by atoms with Crippen LogP contribution in [0.3, 0.4) is 0 Å². The van der Waals surface area contributed by atoms with E-state index in [-0.39, 0.29) is 48.0 Å². The molecule has 1 saturated carbocycles. The predicted molar refractivity (Wildman–Crippen MR) is 96.4 cm³/mol. The van der Waals surface area contributed by atoms with Crippen molar-refractivity contribution in [3.63, 3.8) is 0 Å². The van der Waals surface area contributed by atoms with E-state index in [0.29, 0.717) is 18.5 Å². The van der Waals surface area contributed by atoms with Crippen molar-refractivity contribution >= 4 is 30.1 Å². The van der Waals surface area contributed by atoms with Crippen molar-refractivity contribution in [2.24, 2.45) is 11.7 Å². The standard InChI is InChI=1S/C18H23N3O3.ClH/c19-11-18(7-1-2-8-18)21-17(24)13-5-3-12(4-6-13)9-14-10-15(22)20-16(14)23;/h3-6,14H,1-2,7-11,19H2,(H,21,24)(H,20,22,23);1H.